The van der Waals surface area contributed by atoms with Crippen molar-refractivity contribution in [3.8, 4) is 0 Å². The second-order valence-corrected chi connectivity index (χ2v) is 8.41. The quantitative estimate of drug-likeness (QED) is 0.716. The van der Waals surface area contributed by atoms with E-state index in [1.54, 1.807) is 6.07 Å². The molecule has 0 saturated carbocycles. The molecule has 1 atom stereocenters. The zero-order valence-corrected chi connectivity index (χ0v) is 15.9. The third kappa shape index (κ3) is 7.38. The number of amides is 2. The number of halogens is 1. The molecule has 0 aromatic carbocycles. The first-order chi connectivity index (χ1) is 10.3. The largest absolute Gasteiger partial charge is 0.351 e. The van der Waals surface area contributed by atoms with Crippen molar-refractivity contribution in [1.29, 1.82) is 0 Å². The first-order valence-electron chi connectivity index (χ1n) is 7.25. The van der Waals surface area contributed by atoms with E-state index in [-0.39, 0.29) is 24.4 Å². The van der Waals surface area contributed by atoms with Crippen LogP contribution in [0.5, 0.6) is 0 Å². The van der Waals surface area contributed by atoms with Crippen LogP contribution in [0.1, 0.15) is 29.9 Å². The van der Waals surface area contributed by atoms with Crippen molar-refractivity contribution >= 4 is 39.1 Å². The topological polar surface area (TPSA) is 61.4 Å². The fraction of sp³-hybridized carbons (Fsp3) is 0.600. The van der Waals surface area contributed by atoms with E-state index < -0.39 is 0 Å². The van der Waals surface area contributed by atoms with Crippen molar-refractivity contribution in [3.05, 3.63) is 20.8 Å². The molecule has 0 aliphatic carbocycles. The van der Waals surface area contributed by atoms with Crippen LogP contribution in [0.4, 0.5) is 0 Å². The van der Waals surface area contributed by atoms with Crippen LogP contribution in [0.25, 0.3) is 0 Å². The van der Waals surface area contributed by atoms with E-state index in [9.17, 15) is 9.59 Å². The van der Waals surface area contributed by atoms with Crippen LogP contribution < -0.4 is 10.6 Å². The van der Waals surface area contributed by atoms with E-state index in [1.807, 2.05) is 20.2 Å². The molecule has 0 unspecified atom stereocenters. The summed E-state index contributed by atoms with van der Waals surface area (Å²) in [6.45, 7) is 5.04. The first-order valence-corrected chi connectivity index (χ1v) is 8.86. The zero-order chi connectivity index (χ0) is 16.7. The fourth-order valence-corrected chi connectivity index (χ4v) is 3.45. The molecule has 0 bridgehead atoms. The summed E-state index contributed by atoms with van der Waals surface area (Å²) < 4.78 is 0.894. The number of likely N-dealkylation sites (N-methyl/N-ethyl adjacent to an activating group) is 1. The van der Waals surface area contributed by atoms with Gasteiger partial charge in [-0.15, -0.1) is 11.3 Å². The summed E-state index contributed by atoms with van der Waals surface area (Å²) in [5, 5.41) is 5.64. The van der Waals surface area contributed by atoms with Gasteiger partial charge in [0, 0.05) is 12.6 Å². The molecule has 22 heavy (non-hydrogen) atoms. The fourth-order valence-electron chi connectivity index (χ4n) is 2.15. The number of nitrogens with one attached hydrogen (secondary N) is 2. The van der Waals surface area contributed by atoms with Crippen LogP contribution in [0.3, 0.4) is 0 Å². The highest BCUT2D eigenvalue weighted by atomic mass is 79.9. The van der Waals surface area contributed by atoms with Crippen LogP contribution in [0.15, 0.2) is 15.9 Å². The Morgan fingerprint density at radius 1 is 1.32 bits per heavy atom. The molecule has 124 valence electrons. The van der Waals surface area contributed by atoms with Crippen molar-refractivity contribution in [2.45, 2.75) is 26.3 Å². The molecular formula is C15H24BrN3O2S. The minimum atomic E-state index is -0.223. The summed E-state index contributed by atoms with van der Waals surface area (Å²) in [6, 6.07) is 3.64. The number of nitrogens with zero attached hydrogens (tertiary/aromatic N) is 1. The van der Waals surface area contributed by atoms with Crippen LogP contribution in [-0.4, -0.2) is 49.9 Å². The smallest absolute Gasteiger partial charge is 0.261 e. The molecule has 7 heteroatoms. The Hall–Kier alpha value is -0.920. The van der Waals surface area contributed by atoms with Gasteiger partial charge >= 0.3 is 0 Å². The van der Waals surface area contributed by atoms with Crippen LogP contribution in [0, 0.1) is 5.92 Å². The minimum Gasteiger partial charge on any atom is -0.351 e. The maximum Gasteiger partial charge on any atom is 0.261 e. The summed E-state index contributed by atoms with van der Waals surface area (Å²) in [4.78, 5) is 26.5. The Bertz CT molecular complexity index is 493. The number of rotatable bonds is 8. The van der Waals surface area contributed by atoms with Gasteiger partial charge in [-0.05, 0) is 54.5 Å². The van der Waals surface area contributed by atoms with E-state index in [0.29, 0.717) is 10.8 Å². The highest BCUT2D eigenvalue weighted by Gasteiger charge is 2.16. The van der Waals surface area contributed by atoms with Crippen molar-refractivity contribution in [3.63, 3.8) is 0 Å². The molecule has 1 aromatic heterocycles. The molecule has 1 heterocycles. The van der Waals surface area contributed by atoms with Gasteiger partial charge in [0.05, 0.1) is 15.2 Å². The molecule has 0 aliphatic rings. The Morgan fingerprint density at radius 3 is 2.50 bits per heavy atom. The van der Waals surface area contributed by atoms with Gasteiger partial charge in [0.2, 0.25) is 5.91 Å². The second kappa shape index (κ2) is 9.27. The predicted octanol–water partition coefficient (Wildman–Crippen LogP) is 2.33. The predicted molar refractivity (Wildman–Crippen MR) is 94.3 cm³/mol. The van der Waals surface area contributed by atoms with E-state index in [4.69, 9.17) is 0 Å². The summed E-state index contributed by atoms with van der Waals surface area (Å²) >= 11 is 4.66. The van der Waals surface area contributed by atoms with Gasteiger partial charge in [0.1, 0.15) is 0 Å². The SMILES string of the molecule is CC(C)C[C@H](CN(C)C)NC(=O)CNC(=O)c1ccc(Br)s1. The molecule has 0 fully saturated rings. The van der Waals surface area contributed by atoms with Gasteiger partial charge in [0.15, 0.2) is 0 Å². The monoisotopic (exact) mass is 389 g/mol. The van der Waals surface area contributed by atoms with Crippen molar-refractivity contribution in [1.82, 2.24) is 15.5 Å². The van der Waals surface area contributed by atoms with Crippen molar-refractivity contribution in [2.75, 3.05) is 27.2 Å². The van der Waals surface area contributed by atoms with Crippen LogP contribution >= 0.6 is 27.3 Å². The lowest BCUT2D eigenvalue weighted by atomic mass is 10.0. The molecular weight excluding hydrogens is 366 g/mol. The maximum absolute atomic E-state index is 12.0. The number of hydrogen-bond acceptors (Lipinski definition) is 4. The van der Waals surface area contributed by atoms with E-state index in [2.05, 4.69) is 45.3 Å². The number of carbonyl (C=O) groups is 2. The summed E-state index contributed by atoms with van der Waals surface area (Å²) in [7, 11) is 3.96. The maximum atomic E-state index is 12.0. The molecule has 0 spiro atoms. The molecule has 0 saturated heterocycles. The average molecular weight is 390 g/mol. The van der Waals surface area contributed by atoms with Crippen molar-refractivity contribution in [2.24, 2.45) is 5.92 Å². The average Bonchev–Trinajstić information content (AvgIpc) is 2.81. The third-order valence-electron chi connectivity index (χ3n) is 2.91. The third-order valence-corrected chi connectivity index (χ3v) is 4.54. The molecule has 1 rings (SSSR count). The normalized spacial score (nSPS) is 12.5. The molecule has 0 aliphatic heterocycles. The molecule has 0 radical (unpaired) electrons. The molecule has 2 N–H and O–H groups in total. The van der Waals surface area contributed by atoms with Gasteiger partial charge in [0.25, 0.3) is 5.91 Å². The molecule has 2 amide bonds. The lowest BCUT2D eigenvalue weighted by Crippen LogP contribution is -2.46. The van der Waals surface area contributed by atoms with Gasteiger partial charge in [-0.2, -0.15) is 0 Å². The van der Waals surface area contributed by atoms with Gasteiger partial charge in [-0.25, -0.2) is 0 Å². The zero-order valence-electron chi connectivity index (χ0n) is 13.5. The van der Waals surface area contributed by atoms with E-state index in [0.717, 1.165) is 16.8 Å². The van der Waals surface area contributed by atoms with E-state index in [1.165, 1.54) is 11.3 Å². The van der Waals surface area contributed by atoms with Gasteiger partial charge in [-0.3, -0.25) is 9.59 Å². The van der Waals surface area contributed by atoms with Gasteiger partial charge in [-0.1, -0.05) is 13.8 Å². The Balaban J connectivity index is 2.44. The Labute approximate surface area is 144 Å². The number of hydrogen-bond donors (Lipinski definition) is 2. The Kier molecular flexibility index (Phi) is 8.06. The lowest BCUT2D eigenvalue weighted by molar-refractivity contribution is -0.121. The van der Waals surface area contributed by atoms with Gasteiger partial charge < -0.3 is 15.5 Å². The van der Waals surface area contributed by atoms with E-state index >= 15 is 0 Å². The molecule has 5 nitrogen and oxygen atoms in total. The number of carbonyl (C=O) groups excluding carboxylic acids is 2. The number of thiophene rings is 1. The summed E-state index contributed by atoms with van der Waals surface area (Å²) in [5.41, 5.74) is 0. The lowest BCUT2D eigenvalue weighted by Gasteiger charge is -2.24. The summed E-state index contributed by atoms with van der Waals surface area (Å²) in [5.74, 6) is 0.124. The minimum absolute atomic E-state index is 0.00360. The highest BCUT2D eigenvalue weighted by Crippen LogP contribution is 2.21. The second-order valence-electron chi connectivity index (χ2n) is 5.94. The molecule has 1 aromatic rings. The van der Waals surface area contributed by atoms with Crippen LogP contribution in [0.2, 0.25) is 0 Å². The van der Waals surface area contributed by atoms with Crippen molar-refractivity contribution < 1.29 is 9.59 Å². The highest BCUT2D eigenvalue weighted by molar-refractivity contribution is 9.11. The Morgan fingerprint density at radius 2 is 2.00 bits per heavy atom. The first kappa shape index (κ1) is 19.1. The standard InChI is InChI=1S/C15H24BrN3O2S/c1-10(2)7-11(9-19(3)4)18-14(20)8-17-15(21)12-5-6-13(16)22-12/h5-6,10-11H,7-9H2,1-4H3,(H,17,21)(H,18,20)/t11-/m1/s1. The summed E-state index contributed by atoms with van der Waals surface area (Å²) in [6.07, 6.45) is 0.912. The van der Waals surface area contributed by atoms with Crippen LogP contribution in [-0.2, 0) is 4.79 Å².